The van der Waals surface area contributed by atoms with E-state index in [0.717, 1.165) is 11.6 Å². The molecule has 1 atom stereocenters. The summed E-state index contributed by atoms with van der Waals surface area (Å²) in [4.78, 5) is 4.34. The van der Waals surface area contributed by atoms with Gasteiger partial charge in [0.25, 0.3) is 0 Å². The van der Waals surface area contributed by atoms with Crippen LogP contribution in [0.3, 0.4) is 0 Å². The Morgan fingerprint density at radius 3 is 2.47 bits per heavy atom. The van der Waals surface area contributed by atoms with Crippen molar-refractivity contribution in [3.63, 3.8) is 0 Å². The maximum absolute atomic E-state index is 11.9. The molecule has 0 saturated heterocycles. The molecular formula is C11H22N4OS. The Labute approximate surface area is 106 Å². The Bertz CT molecular complexity index is 370. The Morgan fingerprint density at radius 2 is 2.00 bits per heavy atom. The van der Waals surface area contributed by atoms with Gasteiger partial charge in [-0.1, -0.05) is 0 Å². The number of nitrogens with one attached hydrogen (secondary N) is 1. The van der Waals surface area contributed by atoms with E-state index in [1.54, 1.807) is 0 Å². The average molecular weight is 258 g/mol. The van der Waals surface area contributed by atoms with Crippen molar-refractivity contribution in [1.29, 1.82) is 0 Å². The molecule has 1 aromatic heterocycles. The Balaban J connectivity index is 2.69. The fraction of sp³-hybridized carbons (Fsp3) is 0.818. The first-order chi connectivity index (χ1) is 7.71. The molecule has 0 aliphatic rings. The summed E-state index contributed by atoms with van der Waals surface area (Å²) >= 11 is -1.08. The minimum absolute atomic E-state index is 0.260. The average Bonchev–Trinajstić information content (AvgIpc) is 2.54. The standard InChI is InChI=1S/C11H22N4OS/c1-8(2)15-10(13-9(3)14-15)7-12-17(16)11(4,5)6/h8,12H,7H2,1-6H3. The van der Waals surface area contributed by atoms with Gasteiger partial charge in [-0.25, -0.2) is 9.67 Å². The van der Waals surface area contributed by atoms with Crippen molar-refractivity contribution in [2.24, 2.45) is 0 Å². The summed E-state index contributed by atoms with van der Waals surface area (Å²) in [5.74, 6) is 1.58. The van der Waals surface area contributed by atoms with Crippen molar-refractivity contribution >= 4 is 11.4 Å². The third-order valence-corrected chi connectivity index (χ3v) is 3.73. The van der Waals surface area contributed by atoms with Crippen LogP contribution in [-0.4, -0.2) is 24.1 Å². The van der Waals surface area contributed by atoms with Crippen LogP contribution in [-0.2, 0) is 17.9 Å². The second kappa shape index (κ2) is 5.37. The third-order valence-electron chi connectivity index (χ3n) is 2.21. The van der Waals surface area contributed by atoms with E-state index in [1.165, 1.54) is 0 Å². The van der Waals surface area contributed by atoms with Crippen molar-refractivity contribution in [3.05, 3.63) is 11.6 Å². The van der Waals surface area contributed by atoms with E-state index in [0.29, 0.717) is 6.54 Å². The van der Waals surface area contributed by atoms with Crippen molar-refractivity contribution in [3.8, 4) is 0 Å². The van der Waals surface area contributed by atoms with Gasteiger partial charge in [-0.05, 0) is 41.5 Å². The van der Waals surface area contributed by atoms with Gasteiger partial charge in [0.1, 0.15) is 22.9 Å². The largest absolute Gasteiger partial charge is 0.598 e. The van der Waals surface area contributed by atoms with Gasteiger partial charge >= 0.3 is 0 Å². The summed E-state index contributed by atoms with van der Waals surface area (Å²) in [6.07, 6.45) is 0. The normalized spacial score (nSPS) is 14.4. The van der Waals surface area contributed by atoms with Crippen LogP contribution in [0.15, 0.2) is 0 Å². The molecule has 0 radical (unpaired) electrons. The Hall–Kier alpha value is -0.590. The molecule has 1 N–H and O–H groups in total. The number of hydrogen-bond acceptors (Lipinski definition) is 4. The lowest BCUT2D eigenvalue weighted by Crippen LogP contribution is -2.39. The molecule has 0 aliphatic carbocycles. The molecule has 0 amide bonds. The maximum Gasteiger partial charge on any atom is 0.147 e. The monoisotopic (exact) mass is 258 g/mol. The van der Waals surface area contributed by atoms with E-state index >= 15 is 0 Å². The number of aromatic nitrogens is 3. The highest BCUT2D eigenvalue weighted by Crippen LogP contribution is 2.14. The first-order valence-corrected chi connectivity index (χ1v) is 6.94. The minimum Gasteiger partial charge on any atom is -0.598 e. The molecule has 1 heterocycles. The van der Waals surface area contributed by atoms with Crippen LogP contribution in [0.4, 0.5) is 0 Å². The molecule has 17 heavy (non-hydrogen) atoms. The van der Waals surface area contributed by atoms with Gasteiger partial charge in [0.15, 0.2) is 0 Å². The zero-order valence-corrected chi connectivity index (χ0v) is 12.3. The van der Waals surface area contributed by atoms with E-state index in [-0.39, 0.29) is 10.8 Å². The van der Waals surface area contributed by atoms with Crippen molar-refractivity contribution in [2.75, 3.05) is 0 Å². The van der Waals surface area contributed by atoms with Gasteiger partial charge in [-0.3, -0.25) is 0 Å². The molecule has 0 aliphatic heterocycles. The highest BCUT2D eigenvalue weighted by atomic mass is 32.2. The summed E-state index contributed by atoms with van der Waals surface area (Å²) in [6.45, 7) is 12.3. The molecule has 5 nitrogen and oxygen atoms in total. The van der Waals surface area contributed by atoms with Gasteiger partial charge in [0.05, 0.1) is 0 Å². The predicted molar refractivity (Wildman–Crippen MR) is 69.9 cm³/mol. The van der Waals surface area contributed by atoms with Gasteiger partial charge in [-0.15, -0.1) is 4.72 Å². The number of hydrogen-bond donors (Lipinski definition) is 1. The lowest BCUT2D eigenvalue weighted by Gasteiger charge is -2.23. The summed E-state index contributed by atoms with van der Waals surface area (Å²) in [5, 5.41) is 4.32. The molecule has 1 aromatic rings. The number of rotatable bonds is 4. The molecule has 98 valence electrons. The third kappa shape index (κ3) is 3.97. The second-order valence-corrected chi connectivity index (χ2v) is 7.37. The Morgan fingerprint density at radius 1 is 1.41 bits per heavy atom. The molecule has 0 bridgehead atoms. The topological polar surface area (TPSA) is 65.8 Å². The fourth-order valence-electron chi connectivity index (χ4n) is 1.35. The van der Waals surface area contributed by atoms with Crippen LogP contribution >= 0.6 is 0 Å². The van der Waals surface area contributed by atoms with Crippen molar-refractivity contribution < 1.29 is 4.55 Å². The Kier molecular flexibility index (Phi) is 4.57. The molecular weight excluding hydrogens is 236 g/mol. The van der Waals surface area contributed by atoms with Gasteiger partial charge in [0.2, 0.25) is 0 Å². The lowest BCUT2D eigenvalue weighted by atomic mass is 10.3. The summed E-state index contributed by atoms with van der Waals surface area (Å²) in [7, 11) is 0. The van der Waals surface area contributed by atoms with Crippen molar-refractivity contribution in [2.45, 2.75) is 58.9 Å². The predicted octanol–water partition coefficient (Wildman–Crippen LogP) is 1.72. The minimum atomic E-state index is -1.08. The smallest absolute Gasteiger partial charge is 0.147 e. The molecule has 0 spiro atoms. The van der Waals surface area contributed by atoms with E-state index in [1.807, 2.05) is 32.4 Å². The molecule has 0 aromatic carbocycles. The maximum atomic E-state index is 11.9. The van der Waals surface area contributed by atoms with E-state index in [4.69, 9.17) is 0 Å². The first kappa shape index (κ1) is 14.5. The van der Waals surface area contributed by atoms with Crippen LogP contribution in [0.2, 0.25) is 0 Å². The van der Waals surface area contributed by atoms with E-state index in [9.17, 15) is 4.55 Å². The molecule has 1 unspecified atom stereocenters. The van der Waals surface area contributed by atoms with Crippen molar-refractivity contribution in [1.82, 2.24) is 19.5 Å². The molecule has 0 fully saturated rings. The van der Waals surface area contributed by atoms with Crippen LogP contribution in [0.1, 0.15) is 52.3 Å². The van der Waals surface area contributed by atoms with Gasteiger partial charge in [0, 0.05) is 17.4 Å². The second-order valence-electron chi connectivity index (χ2n) is 5.32. The zero-order chi connectivity index (χ0) is 13.2. The van der Waals surface area contributed by atoms with Crippen LogP contribution < -0.4 is 4.72 Å². The van der Waals surface area contributed by atoms with Gasteiger partial charge in [-0.2, -0.15) is 5.10 Å². The SMILES string of the molecule is Cc1nc(CN[S+]([O-])C(C)(C)C)n(C(C)C)n1. The van der Waals surface area contributed by atoms with E-state index in [2.05, 4.69) is 28.7 Å². The summed E-state index contributed by atoms with van der Waals surface area (Å²) in [5.41, 5.74) is 0. The van der Waals surface area contributed by atoms with Gasteiger partial charge < -0.3 is 4.55 Å². The quantitative estimate of drug-likeness (QED) is 0.835. The van der Waals surface area contributed by atoms with E-state index < -0.39 is 11.4 Å². The molecule has 1 rings (SSSR count). The number of aryl methyl sites for hydroxylation is 1. The fourth-order valence-corrected chi connectivity index (χ4v) is 2.05. The van der Waals surface area contributed by atoms with Crippen LogP contribution in [0.25, 0.3) is 0 Å². The zero-order valence-electron chi connectivity index (χ0n) is 11.4. The summed E-state index contributed by atoms with van der Waals surface area (Å²) < 4.78 is 16.5. The van der Waals surface area contributed by atoms with Crippen LogP contribution in [0.5, 0.6) is 0 Å². The summed E-state index contributed by atoms with van der Waals surface area (Å²) in [6, 6.07) is 0.260. The first-order valence-electron chi connectivity index (χ1n) is 5.79. The lowest BCUT2D eigenvalue weighted by molar-refractivity contribution is 0.494. The highest BCUT2D eigenvalue weighted by molar-refractivity contribution is 7.90. The number of nitrogens with zero attached hydrogens (tertiary/aromatic N) is 3. The molecule has 0 saturated carbocycles. The van der Waals surface area contributed by atoms with Crippen LogP contribution in [0, 0.1) is 6.92 Å². The molecule has 6 heteroatoms. The highest BCUT2D eigenvalue weighted by Gasteiger charge is 2.26.